The Morgan fingerprint density at radius 1 is 1.41 bits per heavy atom. The molecule has 0 fully saturated rings. The number of hydrogen-bond acceptors (Lipinski definition) is 3. The highest BCUT2D eigenvalue weighted by Crippen LogP contribution is 2.04. The molecule has 1 atom stereocenters. The fourth-order valence-electron chi connectivity index (χ4n) is 1.80. The van der Waals surface area contributed by atoms with Crippen molar-refractivity contribution in [2.24, 2.45) is 5.92 Å². The van der Waals surface area contributed by atoms with E-state index in [4.69, 9.17) is 0 Å². The van der Waals surface area contributed by atoms with E-state index in [0.29, 0.717) is 5.92 Å². The molecule has 0 saturated heterocycles. The van der Waals surface area contributed by atoms with Gasteiger partial charge in [-0.1, -0.05) is 20.8 Å². The van der Waals surface area contributed by atoms with Gasteiger partial charge >= 0.3 is 0 Å². The number of amides is 1. The Morgan fingerprint density at radius 3 is 2.71 bits per heavy atom. The van der Waals surface area contributed by atoms with E-state index in [2.05, 4.69) is 41.3 Å². The normalized spacial score (nSPS) is 12.8. The number of aromatic nitrogens is 3. The second-order valence-electron chi connectivity index (χ2n) is 4.86. The van der Waals surface area contributed by atoms with E-state index < -0.39 is 0 Å². The SMILES string of the molecule is CCCc1nc(C(=O)NC(C)CC(C)C)n[nH]1. The third kappa shape index (κ3) is 4.54. The van der Waals surface area contributed by atoms with Crippen molar-refractivity contribution in [1.29, 1.82) is 0 Å². The van der Waals surface area contributed by atoms with Crippen molar-refractivity contribution < 1.29 is 4.79 Å². The van der Waals surface area contributed by atoms with Crippen molar-refractivity contribution in [3.8, 4) is 0 Å². The summed E-state index contributed by atoms with van der Waals surface area (Å²) < 4.78 is 0. The van der Waals surface area contributed by atoms with Crippen molar-refractivity contribution in [3.05, 3.63) is 11.6 Å². The monoisotopic (exact) mass is 238 g/mol. The smallest absolute Gasteiger partial charge is 0.291 e. The summed E-state index contributed by atoms with van der Waals surface area (Å²) in [6, 6.07) is 0.149. The summed E-state index contributed by atoms with van der Waals surface area (Å²) in [5.41, 5.74) is 0. The Hall–Kier alpha value is -1.39. The molecule has 17 heavy (non-hydrogen) atoms. The van der Waals surface area contributed by atoms with Gasteiger partial charge in [0, 0.05) is 12.5 Å². The van der Waals surface area contributed by atoms with E-state index in [-0.39, 0.29) is 17.8 Å². The third-order valence-electron chi connectivity index (χ3n) is 2.42. The zero-order valence-corrected chi connectivity index (χ0v) is 11.1. The van der Waals surface area contributed by atoms with Crippen molar-refractivity contribution >= 4 is 5.91 Å². The predicted molar refractivity (Wildman–Crippen MR) is 66.8 cm³/mol. The number of nitrogens with one attached hydrogen (secondary N) is 2. The van der Waals surface area contributed by atoms with Crippen LogP contribution in [0.25, 0.3) is 0 Å². The summed E-state index contributed by atoms with van der Waals surface area (Å²) in [5, 5.41) is 9.60. The maximum atomic E-state index is 11.8. The Bertz CT molecular complexity index is 359. The summed E-state index contributed by atoms with van der Waals surface area (Å²) >= 11 is 0. The Labute approximate surface area is 102 Å². The highest BCUT2D eigenvalue weighted by Gasteiger charge is 2.15. The number of rotatable bonds is 6. The van der Waals surface area contributed by atoms with E-state index in [1.54, 1.807) is 0 Å². The Morgan fingerprint density at radius 2 is 2.12 bits per heavy atom. The van der Waals surface area contributed by atoms with Crippen LogP contribution in [0.2, 0.25) is 0 Å². The molecule has 0 aliphatic rings. The molecule has 0 bridgehead atoms. The zero-order chi connectivity index (χ0) is 12.8. The van der Waals surface area contributed by atoms with Crippen LogP contribution in [-0.4, -0.2) is 27.1 Å². The maximum absolute atomic E-state index is 11.8. The minimum Gasteiger partial charge on any atom is -0.347 e. The van der Waals surface area contributed by atoms with Crippen molar-refractivity contribution in [1.82, 2.24) is 20.5 Å². The molecule has 2 N–H and O–H groups in total. The average molecular weight is 238 g/mol. The Kier molecular flexibility index (Phi) is 5.12. The van der Waals surface area contributed by atoms with E-state index in [0.717, 1.165) is 25.1 Å². The van der Waals surface area contributed by atoms with Crippen molar-refractivity contribution in [3.63, 3.8) is 0 Å². The third-order valence-corrected chi connectivity index (χ3v) is 2.42. The predicted octanol–water partition coefficient (Wildman–Crippen LogP) is 1.92. The molecule has 0 saturated carbocycles. The van der Waals surface area contributed by atoms with Gasteiger partial charge in [-0.3, -0.25) is 9.89 Å². The van der Waals surface area contributed by atoms with Crippen LogP contribution in [0, 0.1) is 5.92 Å². The van der Waals surface area contributed by atoms with Crippen LogP contribution in [0.1, 0.15) is 57.0 Å². The molecule has 0 aliphatic carbocycles. The summed E-state index contributed by atoms with van der Waals surface area (Å²) in [6.45, 7) is 8.33. The molecule has 1 heterocycles. The van der Waals surface area contributed by atoms with Crippen LogP contribution in [0.5, 0.6) is 0 Å². The number of H-pyrrole nitrogens is 1. The first-order valence-electron chi connectivity index (χ1n) is 6.25. The van der Waals surface area contributed by atoms with Gasteiger partial charge in [-0.25, -0.2) is 4.98 Å². The molecule has 1 unspecified atom stereocenters. The highest BCUT2D eigenvalue weighted by atomic mass is 16.2. The number of nitrogens with zero attached hydrogens (tertiary/aromatic N) is 2. The van der Waals surface area contributed by atoms with E-state index in [9.17, 15) is 4.79 Å². The van der Waals surface area contributed by atoms with Crippen LogP contribution in [0.4, 0.5) is 0 Å². The average Bonchev–Trinajstić information content (AvgIpc) is 2.65. The number of aromatic amines is 1. The lowest BCUT2D eigenvalue weighted by molar-refractivity contribution is 0.0926. The first-order chi connectivity index (χ1) is 8.02. The molecule has 1 aromatic rings. The van der Waals surface area contributed by atoms with Gasteiger partial charge in [-0.2, -0.15) is 0 Å². The van der Waals surface area contributed by atoms with Crippen molar-refractivity contribution in [2.75, 3.05) is 0 Å². The van der Waals surface area contributed by atoms with Crippen LogP contribution >= 0.6 is 0 Å². The summed E-state index contributed by atoms with van der Waals surface area (Å²) in [7, 11) is 0. The summed E-state index contributed by atoms with van der Waals surface area (Å²) in [5.74, 6) is 1.38. The molecular formula is C12H22N4O. The minimum absolute atomic E-state index is 0.149. The lowest BCUT2D eigenvalue weighted by Crippen LogP contribution is -2.34. The molecule has 1 rings (SSSR count). The molecule has 0 aliphatic heterocycles. The second kappa shape index (κ2) is 6.37. The largest absolute Gasteiger partial charge is 0.347 e. The van der Waals surface area contributed by atoms with E-state index >= 15 is 0 Å². The molecule has 1 aromatic heterocycles. The molecule has 5 heteroatoms. The fraction of sp³-hybridized carbons (Fsp3) is 0.750. The summed E-state index contributed by atoms with van der Waals surface area (Å²) in [6.07, 6.45) is 2.76. The number of hydrogen-bond donors (Lipinski definition) is 2. The lowest BCUT2D eigenvalue weighted by Gasteiger charge is -2.14. The quantitative estimate of drug-likeness (QED) is 0.795. The minimum atomic E-state index is -0.197. The van der Waals surface area contributed by atoms with Crippen LogP contribution < -0.4 is 5.32 Å². The zero-order valence-electron chi connectivity index (χ0n) is 11.1. The molecule has 5 nitrogen and oxygen atoms in total. The molecule has 0 aromatic carbocycles. The highest BCUT2D eigenvalue weighted by molar-refractivity contribution is 5.90. The molecular weight excluding hydrogens is 216 g/mol. The van der Waals surface area contributed by atoms with Crippen LogP contribution in [0.3, 0.4) is 0 Å². The maximum Gasteiger partial charge on any atom is 0.291 e. The second-order valence-corrected chi connectivity index (χ2v) is 4.86. The van der Waals surface area contributed by atoms with E-state index in [1.807, 2.05) is 6.92 Å². The van der Waals surface area contributed by atoms with Gasteiger partial charge in [0.05, 0.1) is 0 Å². The molecule has 0 radical (unpaired) electrons. The fourth-order valence-corrected chi connectivity index (χ4v) is 1.80. The first kappa shape index (κ1) is 13.7. The van der Waals surface area contributed by atoms with Gasteiger partial charge in [0.15, 0.2) is 0 Å². The standard InChI is InChI=1S/C12H22N4O/c1-5-6-10-14-11(16-15-10)12(17)13-9(4)7-8(2)3/h8-9H,5-7H2,1-4H3,(H,13,17)(H,14,15,16). The molecule has 96 valence electrons. The summed E-state index contributed by atoms with van der Waals surface area (Å²) in [4.78, 5) is 16.0. The Balaban J connectivity index is 2.51. The first-order valence-corrected chi connectivity index (χ1v) is 6.25. The topological polar surface area (TPSA) is 70.7 Å². The number of aryl methyl sites for hydroxylation is 1. The van der Waals surface area contributed by atoms with Crippen LogP contribution in [0.15, 0.2) is 0 Å². The lowest BCUT2D eigenvalue weighted by atomic mass is 10.1. The van der Waals surface area contributed by atoms with Gasteiger partial charge in [-0.15, -0.1) is 5.10 Å². The van der Waals surface area contributed by atoms with Gasteiger partial charge < -0.3 is 5.32 Å². The number of carbonyl (C=O) groups is 1. The van der Waals surface area contributed by atoms with Crippen LogP contribution in [-0.2, 0) is 6.42 Å². The van der Waals surface area contributed by atoms with Crippen molar-refractivity contribution in [2.45, 2.75) is 53.0 Å². The van der Waals surface area contributed by atoms with Gasteiger partial charge in [0.2, 0.25) is 5.82 Å². The number of carbonyl (C=O) groups excluding carboxylic acids is 1. The molecule has 1 amide bonds. The van der Waals surface area contributed by atoms with Gasteiger partial charge in [-0.05, 0) is 25.7 Å². The van der Waals surface area contributed by atoms with E-state index in [1.165, 1.54) is 0 Å². The van der Waals surface area contributed by atoms with Gasteiger partial charge in [0.25, 0.3) is 5.91 Å². The van der Waals surface area contributed by atoms with Gasteiger partial charge in [0.1, 0.15) is 5.82 Å². The molecule has 0 spiro atoms.